The fourth-order valence-electron chi connectivity index (χ4n) is 5.43. The quantitative estimate of drug-likeness (QED) is 0.484. The number of nitrogens with zero attached hydrogens (tertiary/aromatic N) is 1. The number of rotatable bonds is 4. The summed E-state index contributed by atoms with van der Waals surface area (Å²) in [6.07, 6.45) is 4.98. The van der Waals surface area contributed by atoms with Crippen LogP contribution in [-0.2, 0) is 11.2 Å². The molecule has 5 rings (SSSR count). The lowest BCUT2D eigenvalue weighted by Gasteiger charge is -2.31. The van der Waals surface area contributed by atoms with Crippen LogP contribution in [-0.4, -0.2) is 24.5 Å². The van der Waals surface area contributed by atoms with E-state index in [4.69, 9.17) is 0 Å². The second-order valence-electron chi connectivity index (χ2n) is 9.44. The van der Waals surface area contributed by atoms with Crippen LogP contribution in [0.3, 0.4) is 0 Å². The predicted molar refractivity (Wildman–Crippen MR) is 135 cm³/mol. The van der Waals surface area contributed by atoms with Crippen LogP contribution in [0.1, 0.15) is 48.4 Å². The number of aromatic hydroxyl groups is 1. The summed E-state index contributed by atoms with van der Waals surface area (Å²) in [4.78, 5) is 13.5. The lowest BCUT2D eigenvalue weighted by atomic mass is 9.84. The molecule has 3 nitrogen and oxygen atoms in total. The Morgan fingerprint density at radius 2 is 1.61 bits per heavy atom. The number of carbonyl (C=O) groups excluding carboxylic acids is 1. The van der Waals surface area contributed by atoms with Crippen LogP contribution < -0.4 is 4.90 Å². The number of allylic oxidation sites excluding steroid dienone is 1. The van der Waals surface area contributed by atoms with Gasteiger partial charge in [-0.1, -0.05) is 55.5 Å². The number of hydrogen-bond acceptors (Lipinski definition) is 3. The highest BCUT2D eigenvalue weighted by Gasteiger charge is 2.25. The first-order chi connectivity index (χ1) is 16.1. The van der Waals surface area contributed by atoms with Crippen LogP contribution in [0.25, 0.3) is 11.1 Å². The van der Waals surface area contributed by atoms with Crippen molar-refractivity contribution in [1.82, 2.24) is 0 Å². The molecule has 3 aromatic carbocycles. The second kappa shape index (κ2) is 9.27. The Hall–Kier alpha value is -3.33. The van der Waals surface area contributed by atoms with E-state index in [1.807, 2.05) is 12.1 Å². The number of aryl methyl sites for hydroxylation is 1. The number of benzene rings is 3. The van der Waals surface area contributed by atoms with Gasteiger partial charge in [0.25, 0.3) is 0 Å². The Labute approximate surface area is 196 Å². The van der Waals surface area contributed by atoms with Crippen molar-refractivity contribution in [3.63, 3.8) is 0 Å². The minimum absolute atomic E-state index is 0.208. The first kappa shape index (κ1) is 21.5. The summed E-state index contributed by atoms with van der Waals surface area (Å²) < 4.78 is 0. The average molecular weight is 438 g/mol. The van der Waals surface area contributed by atoms with E-state index in [1.54, 1.807) is 0 Å². The van der Waals surface area contributed by atoms with E-state index >= 15 is 0 Å². The van der Waals surface area contributed by atoms with Crippen molar-refractivity contribution in [2.75, 3.05) is 18.0 Å². The van der Waals surface area contributed by atoms with Gasteiger partial charge >= 0.3 is 0 Å². The number of phenols is 1. The zero-order chi connectivity index (χ0) is 22.8. The normalized spacial score (nSPS) is 19.2. The zero-order valence-corrected chi connectivity index (χ0v) is 19.2. The third-order valence-corrected chi connectivity index (χ3v) is 7.30. The van der Waals surface area contributed by atoms with Gasteiger partial charge in [-0.15, -0.1) is 0 Å². The fourth-order valence-corrected chi connectivity index (χ4v) is 5.43. The van der Waals surface area contributed by atoms with Crippen molar-refractivity contribution < 1.29 is 9.90 Å². The molecular weight excluding hydrogens is 406 g/mol. The van der Waals surface area contributed by atoms with Crippen molar-refractivity contribution in [3.8, 4) is 5.75 Å². The van der Waals surface area contributed by atoms with Gasteiger partial charge in [0.05, 0.1) is 0 Å². The highest BCUT2D eigenvalue weighted by molar-refractivity contribution is 6.00. The number of hydrogen-bond donors (Lipinski definition) is 1. The molecule has 0 bridgehead atoms. The molecule has 3 heteroatoms. The maximum Gasteiger partial charge on any atom is 0.123 e. The molecule has 1 heterocycles. The van der Waals surface area contributed by atoms with Gasteiger partial charge in [0.1, 0.15) is 12.0 Å². The summed E-state index contributed by atoms with van der Waals surface area (Å²) in [5.41, 5.74) is 8.77. The van der Waals surface area contributed by atoms with Crippen LogP contribution in [0, 0.1) is 11.8 Å². The predicted octanol–water partition coefficient (Wildman–Crippen LogP) is 6.35. The Morgan fingerprint density at radius 1 is 0.879 bits per heavy atom. The molecule has 1 aliphatic heterocycles. The summed E-state index contributed by atoms with van der Waals surface area (Å²) in [5, 5.41) is 10.2. The molecule has 33 heavy (non-hydrogen) atoms. The molecule has 0 saturated carbocycles. The fraction of sp³-hybridized carbons (Fsp3) is 0.300. The average Bonchev–Trinajstić information content (AvgIpc) is 3.01. The van der Waals surface area contributed by atoms with E-state index in [9.17, 15) is 9.90 Å². The van der Waals surface area contributed by atoms with E-state index in [0.717, 1.165) is 45.1 Å². The molecule has 0 aromatic heterocycles. The van der Waals surface area contributed by atoms with Crippen LogP contribution in [0.4, 0.5) is 5.69 Å². The number of anilines is 1. The Kier molecular flexibility index (Phi) is 6.04. The summed E-state index contributed by atoms with van der Waals surface area (Å²) in [6, 6.07) is 25.5. The topological polar surface area (TPSA) is 40.5 Å². The molecule has 1 atom stereocenters. The van der Waals surface area contributed by atoms with Gasteiger partial charge in [-0.25, -0.2) is 0 Å². The minimum Gasteiger partial charge on any atom is -0.508 e. The van der Waals surface area contributed by atoms with Crippen molar-refractivity contribution in [3.05, 3.63) is 95.1 Å². The molecule has 3 aromatic rings. The molecular formula is C30H31NO2. The zero-order valence-electron chi connectivity index (χ0n) is 19.2. The Balaban J connectivity index is 1.60. The van der Waals surface area contributed by atoms with Gasteiger partial charge in [0, 0.05) is 24.7 Å². The van der Waals surface area contributed by atoms with Crippen LogP contribution in [0.15, 0.2) is 72.8 Å². The van der Waals surface area contributed by atoms with Gasteiger partial charge in [0.2, 0.25) is 0 Å². The van der Waals surface area contributed by atoms with Crippen LogP contribution >= 0.6 is 0 Å². The number of phenolic OH excluding ortho intramolecular Hbond substituents is 1. The molecule has 1 aliphatic carbocycles. The largest absolute Gasteiger partial charge is 0.508 e. The molecule has 1 fully saturated rings. The Bertz CT molecular complexity index is 1160. The number of carbonyl (C=O) groups is 1. The van der Waals surface area contributed by atoms with Crippen LogP contribution in [0.2, 0.25) is 0 Å². The van der Waals surface area contributed by atoms with Crippen LogP contribution in [0.5, 0.6) is 5.75 Å². The number of piperidine rings is 1. The Morgan fingerprint density at radius 3 is 2.30 bits per heavy atom. The van der Waals surface area contributed by atoms with Crippen molar-refractivity contribution in [2.24, 2.45) is 11.8 Å². The highest BCUT2D eigenvalue weighted by Crippen LogP contribution is 2.43. The number of fused-ring (bicyclic) bond motifs is 1. The third kappa shape index (κ3) is 4.32. The lowest BCUT2D eigenvalue weighted by molar-refractivity contribution is -0.111. The highest BCUT2D eigenvalue weighted by atomic mass is 16.3. The standard InChI is InChI=1S/C30H31NO2/c1-21-7-8-25-19-27(33)13-14-28(25)30(29(21)23-5-3-2-4-6-23)24-9-11-26(12-10-24)31-17-15-22(20-32)16-18-31/h2-6,9-14,19-22,33H,7-8,15-18H2,1H3/t21-/m0/s1. The molecule has 1 saturated heterocycles. The van der Waals surface area contributed by atoms with Crippen molar-refractivity contribution >= 4 is 23.1 Å². The maximum absolute atomic E-state index is 11.1. The smallest absolute Gasteiger partial charge is 0.123 e. The van der Waals surface area contributed by atoms with Gasteiger partial charge in [-0.2, -0.15) is 0 Å². The third-order valence-electron chi connectivity index (χ3n) is 7.30. The molecule has 0 radical (unpaired) electrons. The summed E-state index contributed by atoms with van der Waals surface area (Å²) in [5.74, 6) is 0.941. The first-order valence-corrected chi connectivity index (χ1v) is 12.1. The van der Waals surface area contributed by atoms with E-state index < -0.39 is 0 Å². The molecule has 2 aliphatic rings. The van der Waals surface area contributed by atoms with E-state index in [-0.39, 0.29) is 5.92 Å². The second-order valence-corrected chi connectivity index (χ2v) is 9.44. The van der Waals surface area contributed by atoms with Gasteiger partial charge in [0.15, 0.2) is 0 Å². The summed E-state index contributed by atoms with van der Waals surface area (Å²) in [7, 11) is 0. The van der Waals surface area contributed by atoms with Gasteiger partial charge in [-0.3, -0.25) is 0 Å². The van der Waals surface area contributed by atoms with E-state index in [2.05, 4.69) is 72.5 Å². The SMILES string of the molecule is C[C@H]1CCc2cc(O)ccc2C(c2ccc(N3CCC(C=O)CC3)cc2)=C1c1ccccc1. The molecule has 168 valence electrons. The molecule has 0 amide bonds. The summed E-state index contributed by atoms with van der Waals surface area (Å²) in [6.45, 7) is 4.18. The van der Waals surface area contributed by atoms with E-state index in [1.165, 1.54) is 39.1 Å². The minimum atomic E-state index is 0.208. The monoisotopic (exact) mass is 437 g/mol. The van der Waals surface area contributed by atoms with Gasteiger partial charge < -0.3 is 14.8 Å². The van der Waals surface area contributed by atoms with Crippen molar-refractivity contribution in [2.45, 2.75) is 32.6 Å². The summed E-state index contributed by atoms with van der Waals surface area (Å²) >= 11 is 0. The first-order valence-electron chi connectivity index (χ1n) is 12.1. The molecule has 0 spiro atoms. The lowest BCUT2D eigenvalue weighted by Crippen LogP contribution is -2.34. The van der Waals surface area contributed by atoms with Crippen molar-refractivity contribution in [1.29, 1.82) is 0 Å². The van der Waals surface area contributed by atoms with E-state index in [0.29, 0.717) is 11.7 Å². The molecule has 1 N–H and O–H groups in total. The molecule has 0 unspecified atom stereocenters. The van der Waals surface area contributed by atoms with Gasteiger partial charge in [-0.05, 0) is 89.3 Å². The number of aldehydes is 1. The maximum atomic E-state index is 11.1.